The smallest absolute Gasteiger partial charge is 0.242 e. The second-order valence-corrected chi connectivity index (χ2v) is 9.94. The van der Waals surface area contributed by atoms with E-state index in [1.807, 2.05) is 42.1 Å². The zero-order valence-corrected chi connectivity index (χ0v) is 21.5. The minimum atomic E-state index is -0.356. The van der Waals surface area contributed by atoms with Crippen LogP contribution in [0.2, 0.25) is 0 Å². The molecular formula is C27H36N6OS. The number of amides is 1. The number of rotatable bonds is 11. The molecule has 1 atom stereocenters. The van der Waals surface area contributed by atoms with Gasteiger partial charge in [0, 0.05) is 36.4 Å². The fraction of sp³-hybridized carbons (Fsp3) is 0.444. The molecule has 1 aliphatic carbocycles. The van der Waals surface area contributed by atoms with Gasteiger partial charge in [0.25, 0.3) is 0 Å². The molecule has 0 aliphatic heterocycles. The summed E-state index contributed by atoms with van der Waals surface area (Å²) >= 11 is 1.72. The van der Waals surface area contributed by atoms with Gasteiger partial charge in [0.2, 0.25) is 11.9 Å². The fourth-order valence-electron chi connectivity index (χ4n) is 4.59. The highest BCUT2D eigenvalue weighted by molar-refractivity contribution is 7.98. The summed E-state index contributed by atoms with van der Waals surface area (Å²) in [5, 5.41) is 9.83. The van der Waals surface area contributed by atoms with E-state index in [1.165, 1.54) is 37.0 Å². The van der Waals surface area contributed by atoms with E-state index in [4.69, 9.17) is 0 Å². The third-order valence-corrected chi connectivity index (χ3v) is 7.22. The number of hydrogen-bond acceptors (Lipinski definition) is 6. The quantitative estimate of drug-likeness (QED) is 0.307. The predicted molar refractivity (Wildman–Crippen MR) is 144 cm³/mol. The Bertz CT molecular complexity index is 1060. The highest BCUT2D eigenvalue weighted by Crippen LogP contribution is 2.28. The topological polar surface area (TPSA) is 83.9 Å². The molecule has 1 saturated carbocycles. The first kappa shape index (κ1) is 25.1. The van der Waals surface area contributed by atoms with Gasteiger partial charge in [0.05, 0.1) is 0 Å². The summed E-state index contributed by atoms with van der Waals surface area (Å²) in [6, 6.07) is 13.8. The first-order valence-electron chi connectivity index (χ1n) is 12.6. The van der Waals surface area contributed by atoms with E-state index in [2.05, 4.69) is 56.4 Å². The van der Waals surface area contributed by atoms with Crippen molar-refractivity contribution in [3.05, 3.63) is 60.4 Å². The lowest BCUT2D eigenvalue weighted by molar-refractivity contribution is -0.122. The van der Waals surface area contributed by atoms with Crippen molar-refractivity contribution < 1.29 is 4.79 Å². The Morgan fingerprint density at radius 3 is 2.54 bits per heavy atom. The van der Waals surface area contributed by atoms with Gasteiger partial charge in [-0.25, -0.2) is 0 Å². The fourth-order valence-corrected chi connectivity index (χ4v) is 5.00. The summed E-state index contributed by atoms with van der Waals surface area (Å²) in [6.07, 6.45) is 12.9. The molecule has 0 spiro atoms. The Hall–Kier alpha value is -3.00. The van der Waals surface area contributed by atoms with Gasteiger partial charge in [-0.2, -0.15) is 9.97 Å². The molecule has 2 heterocycles. The van der Waals surface area contributed by atoms with Crippen LogP contribution in [0.3, 0.4) is 0 Å². The molecule has 3 aromatic rings. The third-order valence-electron chi connectivity index (χ3n) is 6.47. The van der Waals surface area contributed by atoms with Crippen molar-refractivity contribution in [2.45, 2.75) is 62.9 Å². The molecule has 1 aromatic carbocycles. The number of carbonyl (C=O) groups excluding carboxylic acids is 1. The van der Waals surface area contributed by atoms with Crippen LogP contribution in [0, 0.1) is 5.92 Å². The highest BCUT2D eigenvalue weighted by Gasteiger charge is 2.25. The molecule has 1 fully saturated rings. The number of nitrogens with one attached hydrogen (secondary N) is 3. The van der Waals surface area contributed by atoms with Crippen LogP contribution >= 0.6 is 11.8 Å². The van der Waals surface area contributed by atoms with Gasteiger partial charge in [-0.1, -0.05) is 44.2 Å². The Morgan fingerprint density at radius 2 is 1.86 bits per heavy atom. The largest absolute Gasteiger partial charge is 0.358 e. The monoisotopic (exact) mass is 492 g/mol. The van der Waals surface area contributed by atoms with E-state index in [0.29, 0.717) is 24.2 Å². The van der Waals surface area contributed by atoms with E-state index in [0.717, 1.165) is 24.3 Å². The van der Waals surface area contributed by atoms with Crippen LogP contribution in [0.5, 0.6) is 0 Å². The molecule has 1 aliphatic rings. The molecule has 1 amide bonds. The van der Waals surface area contributed by atoms with Crippen molar-refractivity contribution in [3.63, 3.8) is 0 Å². The van der Waals surface area contributed by atoms with Gasteiger partial charge in [-0.3, -0.25) is 4.79 Å². The summed E-state index contributed by atoms with van der Waals surface area (Å²) < 4.78 is 1.95. The lowest BCUT2D eigenvalue weighted by atomic mass is 9.84. The van der Waals surface area contributed by atoms with Crippen molar-refractivity contribution in [1.82, 2.24) is 19.9 Å². The standard InChI is InChI=1S/C27H36N6OS/c1-3-28-27-31-24(18-25(32-27)33-15-7-8-16-33)30-23(17-20-9-5-4-6-10-20)26(34)29-19-21-11-13-22(35-2)14-12-21/h7-8,11-16,18,20,23H,3-6,9-10,17,19H2,1-2H3,(H,29,34)(H2,28,30,31,32). The van der Waals surface area contributed by atoms with Gasteiger partial charge in [0.1, 0.15) is 17.7 Å². The zero-order valence-electron chi connectivity index (χ0n) is 20.7. The maximum atomic E-state index is 13.4. The van der Waals surface area contributed by atoms with Crippen LogP contribution in [-0.2, 0) is 11.3 Å². The molecule has 35 heavy (non-hydrogen) atoms. The van der Waals surface area contributed by atoms with Gasteiger partial charge in [-0.05, 0) is 55.3 Å². The molecule has 0 saturated heterocycles. The summed E-state index contributed by atoms with van der Waals surface area (Å²) in [5.74, 6) is 2.52. The summed E-state index contributed by atoms with van der Waals surface area (Å²) in [7, 11) is 0. The molecular weight excluding hydrogens is 456 g/mol. The molecule has 7 nitrogen and oxygen atoms in total. The minimum Gasteiger partial charge on any atom is -0.358 e. The van der Waals surface area contributed by atoms with Crippen LogP contribution in [0.4, 0.5) is 11.8 Å². The summed E-state index contributed by atoms with van der Waals surface area (Å²) in [6.45, 7) is 3.25. The molecule has 2 aromatic heterocycles. The van der Waals surface area contributed by atoms with E-state index in [9.17, 15) is 4.79 Å². The second-order valence-electron chi connectivity index (χ2n) is 9.06. The molecule has 0 bridgehead atoms. The molecule has 0 radical (unpaired) electrons. The normalized spacial score (nSPS) is 14.9. The van der Waals surface area contributed by atoms with Crippen molar-refractivity contribution in [3.8, 4) is 5.82 Å². The van der Waals surface area contributed by atoms with Crippen LogP contribution in [0.15, 0.2) is 59.8 Å². The van der Waals surface area contributed by atoms with Crippen LogP contribution in [0.25, 0.3) is 5.82 Å². The maximum absolute atomic E-state index is 13.4. The number of hydrogen-bond donors (Lipinski definition) is 3. The Morgan fingerprint density at radius 1 is 1.11 bits per heavy atom. The minimum absolute atomic E-state index is 0.00986. The van der Waals surface area contributed by atoms with Gasteiger partial charge < -0.3 is 20.5 Å². The Kier molecular flexibility index (Phi) is 9.06. The van der Waals surface area contributed by atoms with Gasteiger partial charge in [-0.15, -0.1) is 11.8 Å². The number of carbonyl (C=O) groups is 1. The molecule has 4 rings (SSSR count). The maximum Gasteiger partial charge on any atom is 0.242 e. The van der Waals surface area contributed by atoms with Gasteiger partial charge in [0.15, 0.2) is 0 Å². The third kappa shape index (κ3) is 7.24. The zero-order chi connectivity index (χ0) is 24.5. The predicted octanol–water partition coefficient (Wildman–Crippen LogP) is 5.49. The van der Waals surface area contributed by atoms with E-state index in [-0.39, 0.29) is 11.9 Å². The SMILES string of the molecule is CCNc1nc(NC(CC2CCCCC2)C(=O)NCc2ccc(SC)cc2)cc(-n2cccc2)n1. The summed E-state index contributed by atoms with van der Waals surface area (Å²) in [4.78, 5) is 23.9. The Balaban J connectivity index is 1.51. The first-order chi connectivity index (χ1) is 17.1. The van der Waals surface area contributed by atoms with Crippen molar-refractivity contribution in [1.29, 1.82) is 0 Å². The number of nitrogens with zero attached hydrogens (tertiary/aromatic N) is 3. The molecule has 3 N–H and O–H groups in total. The van der Waals surface area contributed by atoms with Crippen LogP contribution in [-0.4, -0.2) is 39.3 Å². The molecule has 8 heteroatoms. The van der Waals surface area contributed by atoms with Crippen molar-refractivity contribution in [2.24, 2.45) is 5.92 Å². The average Bonchev–Trinajstić information content (AvgIpc) is 3.43. The van der Waals surface area contributed by atoms with Crippen molar-refractivity contribution >= 4 is 29.4 Å². The number of benzene rings is 1. The molecule has 1 unspecified atom stereocenters. The summed E-state index contributed by atoms with van der Waals surface area (Å²) in [5.41, 5.74) is 1.10. The van der Waals surface area contributed by atoms with E-state index < -0.39 is 0 Å². The van der Waals surface area contributed by atoms with E-state index in [1.54, 1.807) is 11.8 Å². The number of thioether (sulfide) groups is 1. The first-order valence-corrected chi connectivity index (χ1v) is 13.8. The van der Waals surface area contributed by atoms with Crippen LogP contribution in [0.1, 0.15) is 51.0 Å². The second kappa shape index (κ2) is 12.6. The van der Waals surface area contributed by atoms with Crippen molar-refractivity contribution in [2.75, 3.05) is 23.4 Å². The lowest BCUT2D eigenvalue weighted by Gasteiger charge is -2.27. The number of aromatic nitrogens is 3. The highest BCUT2D eigenvalue weighted by atomic mass is 32.2. The average molecular weight is 493 g/mol. The lowest BCUT2D eigenvalue weighted by Crippen LogP contribution is -2.41. The van der Waals surface area contributed by atoms with E-state index >= 15 is 0 Å². The number of anilines is 2. The molecule has 186 valence electrons. The van der Waals surface area contributed by atoms with Crippen LogP contribution < -0.4 is 16.0 Å². The van der Waals surface area contributed by atoms with Gasteiger partial charge >= 0.3 is 0 Å². The Labute approximate surface area is 212 Å².